The number of amides is 1. The summed E-state index contributed by atoms with van der Waals surface area (Å²) in [5.41, 5.74) is 0.527. The van der Waals surface area contributed by atoms with E-state index in [0.29, 0.717) is 17.0 Å². The highest BCUT2D eigenvalue weighted by Crippen LogP contribution is 2.22. The summed E-state index contributed by atoms with van der Waals surface area (Å²) in [5, 5.41) is 3.36. The maximum Gasteiger partial charge on any atom is 0.223 e. The van der Waals surface area contributed by atoms with Gasteiger partial charge < -0.3 is 5.32 Å². The van der Waals surface area contributed by atoms with Crippen LogP contribution in [0.2, 0.25) is 5.02 Å². The van der Waals surface area contributed by atoms with E-state index < -0.39 is 0 Å². The van der Waals surface area contributed by atoms with Crippen LogP contribution in [-0.4, -0.2) is 12.5 Å². The van der Waals surface area contributed by atoms with E-state index in [4.69, 9.17) is 11.6 Å². The molecule has 1 N–H and O–H groups in total. The van der Waals surface area contributed by atoms with Crippen molar-refractivity contribution in [2.24, 2.45) is 5.92 Å². The topological polar surface area (TPSA) is 29.1 Å². The first-order chi connectivity index (χ1) is 8.16. The molecule has 0 bridgehead atoms. The Labute approximate surface area is 105 Å². The Morgan fingerprint density at radius 2 is 2.24 bits per heavy atom. The largest absolute Gasteiger partial charge is 0.356 e. The second kappa shape index (κ2) is 5.50. The van der Waals surface area contributed by atoms with Gasteiger partial charge in [0.2, 0.25) is 5.91 Å². The SMILES string of the molecule is O=C1NCCCCC1Cc1cc(Cl)ccc1F. The van der Waals surface area contributed by atoms with Gasteiger partial charge in [-0.25, -0.2) is 4.39 Å². The van der Waals surface area contributed by atoms with Crippen LogP contribution in [0.5, 0.6) is 0 Å². The predicted molar refractivity (Wildman–Crippen MR) is 65.5 cm³/mol. The number of hydrogen-bond acceptors (Lipinski definition) is 1. The molecule has 92 valence electrons. The van der Waals surface area contributed by atoms with E-state index in [1.165, 1.54) is 12.1 Å². The van der Waals surface area contributed by atoms with Gasteiger partial charge in [0.1, 0.15) is 5.82 Å². The van der Waals surface area contributed by atoms with Crippen molar-refractivity contribution in [3.63, 3.8) is 0 Å². The molecule has 0 radical (unpaired) electrons. The molecule has 0 spiro atoms. The smallest absolute Gasteiger partial charge is 0.223 e. The third-order valence-corrected chi connectivity index (χ3v) is 3.36. The van der Waals surface area contributed by atoms with E-state index in [2.05, 4.69) is 5.32 Å². The van der Waals surface area contributed by atoms with E-state index in [1.807, 2.05) is 0 Å². The van der Waals surface area contributed by atoms with Gasteiger partial charge in [-0.05, 0) is 43.0 Å². The lowest BCUT2D eigenvalue weighted by atomic mass is 9.94. The number of carbonyl (C=O) groups is 1. The molecule has 1 unspecified atom stereocenters. The number of carbonyl (C=O) groups excluding carboxylic acids is 1. The van der Waals surface area contributed by atoms with Crippen molar-refractivity contribution < 1.29 is 9.18 Å². The first-order valence-electron chi connectivity index (χ1n) is 5.88. The molecule has 1 heterocycles. The predicted octanol–water partition coefficient (Wildman–Crippen LogP) is 2.94. The van der Waals surface area contributed by atoms with Gasteiger partial charge >= 0.3 is 0 Å². The summed E-state index contributed by atoms with van der Waals surface area (Å²) in [6.07, 6.45) is 3.25. The Hall–Kier alpha value is -1.09. The van der Waals surface area contributed by atoms with Gasteiger partial charge in [-0.3, -0.25) is 4.79 Å². The van der Waals surface area contributed by atoms with Gasteiger partial charge in [-0.1, -0.05) is 18.0 Å². The number of halogens is 2. The Morgan fingerprint density at radius 1 is 1.41 bits per heavy atom. The lowest BCUT2D eigenvalue weighted by Crippen LogP contribution is -2.30. The first-order valence-corrected chi connectivity index (χ1v) is 6.26. The first kappa shape index (κ1) is 12.4. The Balaban J connectivity index is 2.13. The van der Waals surface area contributed by atoms with Crippen molar-refractivity contribution >= 4 is 17.5 Å². The summed E-state index contributed by atoms with van der Waals surface area (Å²) in [6, 6.07) is 4.48. The molecule has 4 heteroatoms. The Morgan fingerprint density at radius 3 is 3.06 bits per heavy atom. The highest BCUT2D eigenvalue weighted by atomic mass is 35.5. The van der Waals surface area contributed by atoms with E-state index >= 15 is 0 Å². The lowest BCUT2D eigenvalue weighted by molar-refractivity contribution is -0.124. The molecule has 0 aliphatic carbocycles. The summed E-state index contributed by atoms with van der Waals surface area (Å²) in [4.78, 5) is 11.7. The van der Waals surface area contributed by atoms with Crippen molar-refractivity contribution in [3.05, 3.63) is 34.6 Å². The number of nitrogens with one attached hydrogen (secondary N) is 1. The molecule has 1 aliphatic rings. The van der Waals surface area contributed by atoms with Gasteiger partial charge in [0.05, 0.1) is 0 Å². The zero-order valence-corrected chi connectivity index (χ0v) is 10.3. The molecular formula is C13H15ClFNO. The molecule has 1 saturated heterocycles. The van der Waals surface area contributed by atoms with Gasteiger partial charge in [-0.2, -0.15) is 0 Å². The van der Waals surface area contributed by atoms with Crippen LogP contribution in [-0.2, 0) is 11.2 Å². The highest BCUT2D eigenvalue weighted by molar-refractivity contribution is 6.30. The average Bonchev–Trinajstić information content (AvgIpc) is 2.50. The molecule has 2 nitrogen and oxygen atoms in total. The fraction of sp³-hybridized carbons (Fsp3) is 0.462. The fourth-order valence-corrected chi connectivity index (χ4v) is 2.36. The summed E-state index contributed by atoms with van der Waals surface area (Å²) < 4.78 is 13.6. The summed E-state index contributed by atoms with van der Waals surface area (Å²) in [6.45, 7) is 0.730. The lowest BCUT2D eigenvalue weighted by Gasteiger charge is -2.13. The van der Waals surface area contributed by atoms with Gasteiger partial charge in [0, 0.05) is 17.5 Å². The van der Waals surface area contributed by atoms with Crippen LogP contribution < -0.4 is 5.32 Å². The summed E-state index contributed by atoms with van der Waals surface area (Å²) in [5.74, 6) is -0.390. The molecule has 0 saturated carbocycles. The fourth-order valence-electron chi connectivity index (χ4n) is 2.16. The summed E-state index contributed by atoms with van der Waals surface area (Å²) in [7, 11) is 0. The minimum atomic E-state index is -0.286. The van der Waals surface area contributed by atoms with Crippen LogP contribution in [0.15, 0.2) is 18.2 Å². The molecular weight excluding hydrogens is 241 g/mol. The minimum absolute atomic E-state index is 0.0295. The van der Waals surface area contributed by atoms with Gasteiger partial charge in [0.25, 0.3) is 0 Å². The van der Waals surface area contributed by atoms with E-state index in [1.54, 1.807) is 6.07 Å². The zero-order chi connectivity index (χ0) is 12.3. The second-order valence-electron chi connectivity index (χ2n) is 4.42. The monoisotopic (exact) mass is 255 g/mol. The Kier molecular flexibility index (Phi) is 4.00. The van der Waals surface area contributed by atoms with Crippen molar-refractivity contribution in [2.45, 2.75) is 25.7 Å². The van der Waals surface area contributed by atoms with Crippen molar-refractivity contribution in [2.75, 3.05) is 6.54 Å². The number of hydrogen-bond donors (Lipinski definition) is 1. The van der Waals surface area contributed by atoms with Crippen LogP contribution >= 0.6 is 11.6 Å². The van der Waals surface area contributed by atoms with E-state index in [9.17, 15) is 9.18 Å². The van der Waals surface area contributed by atoms with Crippen LogP contribution in [0.4, 0.5) is 4.39 Å². The standard InChI is InChI=1S/C13H15ClFNO/c14-11-4-5-12(15)10(8-11)7-9-3-1-2-6-16-13(9)17/h4-5,8-9H,1-3,6-7H2,(H,16,17). The molecule has 0 aromatic heterocycles. The van der Waals surface area contributed by atoms with Crippen LogP contribution in [0, 0.1) is 11.7 Å². The van der Waals surface area contributed by atoms with Gasteiger partial charge in [0.15, 0.2) is 0 Å². The van der Waals surface area contributed by atoms with Crippen LogP contribution in [0.3, 0.4) is 0 Å². The number of rotatable bonds is 2. The molecule has 1 aliphatic heterocycles. The average molecular weight is 256 g/mol. The van der Waals surface area contributed by atoms with E-state index in [0.717, 1.165) is 25.8 Å². The Bertz CT molecular complexity index is 422. The molecule has 2 rings (SSSR count). The van der Waals surface area contributed by atoms with Crippen LogP contribution in [0.25, 0.3) is 0 Å². The van der Waals surface area contributed by atoms with Crippen molar-refractivity contribution in [3.8, 4) is 0 Å². The molecule has 1 atom stereocenters. The highest BCUT2D eigenvalue weighted by Gasteiger charge is 2.22. The quantitative estimate of drug-likeness (QED) is 0.865. The molecule has 1 aromatic carbocycles. The molecule has 1 amide bonds. The molecule has 1 aromatic rings. The molecule has 1 fully saturated rings. The maximum absolute atomic E-state index is 13.6. The third-order valence-electron chi connectivity index (χ3n) is 3.12. The van der Waals surface area contributed by atoms with Gasteiger partial charge in [-0.15, -0.1) is 0 Å². The van der Waals surface area contributed by atoms with Crippen molar-refractivity contribution in [1.82, 2.24) is 5.32 Å². The normalized spacial score (nSPS) is 20.8. The van der Waals surface area contributed by atoms with Crippen LogP contribution in [0.1, 0.15) is 24.8 Å². The summed E-state index contributed by atoms with van der Waals surface area (Å²) >= 11 is 5.84. The zero-order valence-electron chi connectivity index (χ0n) is 9.51. The van der Waals surface area contributed by atoms with E-state index in [-0.39, 0.29) is 17.6 Å². The number of benzene rings is 1. The third kappa shape index (κ3) is 3.19. The molecule has 17 heavy (non-hydrogen) atoms. The maximum atomic E-state index is 13.6. The minimum Gasteiger partial charge on any atom is -0.356 e. The van der Waals surface area contributed by atoms with Crippen molar-refractivity contribution in [1.29, 1.82) is 0 Å². The second-order valence-corrected chi connectivity index (χ2v) is 4.86.